The van der Waals surface area contributed by atoms with Gasteiger partial charge < -0.3 is 9.32 Å². The van der Waals surface area contributed by atoms with E-state index in [1.54, 1.807) is 12.1 Å². The monoisotopic (exact) mass is 427 g/mol. The standard InChI is InChI=1S/C18H11F6N5O/c19-17(20,21)10-29(13-4-3-11(7-25)14(6-13)18(22,23)24)9-15-27-28-16(30-15)12-2-1-5-26-8-12/h1-6,8H,9-10H2. The molecule has 0 atom stereocenters. The normalized spacial score (nSPS) is 11.9. The zero-order valence-electron chi connectivity index (χ0n) is 14.9. The van der Waals surface area contributed by atoms with Crippen LogP contribution in [0.1, 0.15) is 17.0 Å². The third kappa shape index (κ3) is 5.05. The Balaban J connectivity index is 1.95. The van der Waals surface area contributed by atoms with Gasteiger partial charge in [-0.25, -0.2) is 0 Å². The van der Waals surface area contributed by atoms with E-state index in [1.165, 1.54) is 18.5 Å². The summed E-state index contributed by atoms with van der Waals surface area (Å²) < 4.78 is 84.1. The number of rotatable bonds is 5. The molecule has 0 aliphatic rings. The van der Waals surface area contributed by atoms with Gasteiger partial charge in [0.2, 0.25) is 11.8 Å². The molecule has 0 aliphatic carbocycles. The van der Waals surface area contributed by atoms with Gasteiger partial charge in [-0.05, 0) is 30.3 Å². The molecule has 0 saturated carbocycles. The maximum absolute atomic E-state index is 13.2. The predicted octanol–water partition coefficient (Wildman–Crippen LogP) is 4.59. The Bertz CT molecular complexity index is 1060. The van der Waals surface area contributed by atoms with E-state index in [1.807, 2.05) is 0 Å². The summed E-state index contributed by atoms with van der Waals surface area (Å²) in [5.74, 6) is -0.239. The van der Waals surface area contributed by atoms with Crippen LogP contribution in [0.5, 0.6) is 0 Å². The number of pyridine rings is 1. The first-order chi connectivity index (χ1) is 14.1. The molecule has 6 nitrogen and oxygen atoms in total. The maximum atomic E-state index is 13.2. The molecule has 30 heavy (non-hydrogen) atoms. The van der Waals surface area contributed by atoms with Crippen LogP contribution in [0.3, 0.4) is 0 Å². The lowest BCUT2D eigenvalue weighted by atomic mass is 10.1. The Morgan fingerprint density at radius 3 is 2.43 bits per heavy atom. The SMILES string of the molecule is N#Cc1ccc(N(Cc2nnc(-c3cccnc3)o2)CC(F)(F)F)cc1C(F)(F)F. The Hall–Kier alpha value is -3.62. The Morgan fingerprint density at radius 1 is 1.07 bits per heavy atom. The topological polar surface area (TPSA) is 78.8 Å². The third-order valence-corrected chi connectivity index (χ3v) is 3.87. The summed E-state index contributed by atoms with van der Waals surface area (Å²) in [4.78, 5) is 4.46. The van der Waals surface area contributed by atoms with Gasteiger partial charge in [0.15, 0.2) is 0 Å². The van der Waals surface area contributed by atoms with Crippen LogP contribution >= 0.6 is 0 Å². The van der Waals surface area contributed by atoms with Crippen molar-refractivity contribution in [3.8, 4) is 17.5 Å². The van der Waals surface area contributed by atoms with Gasteiger partial charge in [-0.2, -0.15) is 31.6 Å². The van der Waals surface area contributed by atoms with Crippen LogP contribution in [0.15, 0.2) is 47.1 Å². The Labute approximate surface area is 165 Å². The summed E-state index contributed by atoms with van der Waals surface area (Å²) in [7, 11) is 0. The molecule has 0 bridgehead atoms. The number of hydrogen-bond donors (Lipinski definition) is 0. The highest BCUT2D eigenvalue weighted by Gasteiger charge is 2.36. The number of alkyl halides is 6. The van der Waals surface area contributed by atoms with Crippen LogP contribution in [0, 0.1) is 11.3 Å². The number of halogens is 6. The van der Waals surface area contributed by atoms with Gasteiger partial charge >= 0.3 is 12.4 Å². The molecule has 2 aromatic heterocycles. The van der Waals surface area contributed by atoms with Crippen LogP contribution < -0.4 is 4.90 Å². The van der Waals surface area contributed by atoms with E-state index >= 15 is 0 Å². The van der Waals surface area contributed by atoms with E-state index in [9.17, 15) is 26.3 Å². The fraction of sp³-hybridized carbons (Fsp3) is 0.222. The molecule has 1 aromatic carbocycles. The van der Waals surface area contributed by atoms with E-state index in [4.69, 9.17) is 9.68 Å². The summed E-state index contributed by atoms with van der Waals surface area (Å²) in [6.07, 6.45) is -6.74. The molecule has 0 amide bonds. The molecule has 3 rings (SSSR count). The zero-order chi connectivity index (χ0) is 21.9. The lowest BCUT2D eigenvalue weighted by molar-refractivity contribution is -0.137. The van der Waals surface area contributed by atoms with E-state index in [-0.39, 0.29) is 11.8 Å². The molecule has 0 aliphatic heterocycles. The first-order valence-electron chi connectivity index (χ1n) is 8.22. The van der Waals surface area contributed by atoms with Crippen LogP contribution in [-0.4, -0.2) is 27.9 Å². The van der Waals surface area contributed by atoms with Gasteiger partial charge in [-0.15, -0.1) is 10.2 Å². The molecule has 0 spiro atoms. The highest BCUT2D eigenvalue weighted by Crippen LogP contribution is 2.35. The lowest BCUT2D eigenvalue weighted by Gasteiger charge is -2.25. The molecule has 156 valence electrons. The number of aromatic nitrogens is 3. The number of nitrogens with zero attached hydrogens (tertiary/aromatic N) is 5. The van der Waals surface area contributed by atoms with Crippen molar-refractivity contribution in [3.05, 3.63) is 59.7 Å². The first-order valence-corrected chi connectivity index (χ1v) is 8.22. The number of benzene rings is 1. The number of nitriles is 1. The van der Waals surface area contributed by atoms with Crippen LogP contribution in [0.2, 0.25) is 0 Å². The van der Waals surface area contributed by atoms with Crippen molar-refractivity contribution >= 4 is 5.69 Å². The first kappa shape index (κ1) is 21.1. The lowest BCUT2D eigenvalue weighted by Crippen LogP contribution is -2.34. The van der Waals surface area contributed by atoms with Crippen molar-refractivity contribution < 1.29 is 30.8 Å². The van der Waals surface area contributed by atoms with Crippen molar-refractivity contribution in [1.29, 1.82) is 5.26 Å². The second kappa shape index (κ2) is 8.02. The number of hydrogen-bond acceptors (Lipinski definition) is 6. The van der Waals surface area contributed by atoms with Crippen molar-refractivity contribution in [2.75, 3.05) is 11.4 Å². The van der Waals surface area contributed by atoms with Gasteiger partial charge in [-0.3, -0.25) is 4.98 Å². The highest BCUT2D eigenvalue weighted by atomic mass is 19.4. The fourth-order valence-corrected chi connectivity index (χ4v) is 2.60. The van der Waals surface area contributed by atoms with Crippen molar-refractivity contribution in [3.63, 3.8) is 0 Å². The van der Waals surface area contributed by atoms with Crippen molar-refractivity contribution in [2.24, 2.45) is 0 Å². The van der Waals surface area contributed by atoms with E-state index in [0.717, 1.165) is 12.1 Å². The summed E-state index contributed by atoms with van der Waals surface area (Å²) in [6.45, 7) is -2.17. The molecule has 0 saturated heterocycles. The number of anilines is 1. The molecular formula is C18H11F6N5O. The Kier molecular flexibility index (Phi) is 5.64. The zero-order valence-corrected chi connectivity index (χ0v) is 14.9. The average Bonchev–Trinajstić information content (AvgIpc) is 3.14. The second-order valence-corrected chi connectivity index (χ2v) is 6.05. The molecular weight excluding hydrogens is 416 g/mol. The van der Waals surface area contributed by atoms with E-state index < -0.39 is 42.3 Å². The molecule has 0 unspecified atom stereocenters. The minimum absolute atomic E-state index is 0.000803. The summed E-state index contributed by atoms with van der Waals surface area (Å²) >= 11 is 0. The average molecular weight is 427 g/mol. The van der Waals surface area contributed by atoms with Gasteiger partial charge in [0.1, 0.15) is 6.54 Å². The minimum Gasteiger partial charge on any atom is -0.419 e. The van der Waals surface area contributed by atoms with Gasteiger partial charge in [0.05, 0.1) is 29.3 Å². The molecule has 0 N–H and O–H groups in total. The van der Waals surface area contributed by atoms with Crippen molar-refractivity contribution in [2.45, 2.75) is 18.9 Å². The second-order valence-electron chi connectivity index (χ2n) is 6.05. The fourth-order valence-electron chi connectivity index (χ4n) is 2.60. The third-order valence-electron chi connectivity index (χ3n) is 3.87. The molecule has 0 radical (unpaired) electrons. The van der Waals surface area contributed by atoms with Gasteiger partial charge in [0.25, 0.3) is 0 Å². The van der Waals surface area contributed by atoms with Crippen LogP contribution in [0.4, 0.5) is 32.0 Å². The largest absolute Gasteiger partial charge is 0.419 e. The highest BCUT2D eigenvalue weighted by molar-refractivity contribution is 5.55. The summed E-state index contributed by atoms with van der Waals surface area (Å²) in [6, 6.07) is 6.86. The molecule has 2 heterocycles. The molecule has 0 fully saturated rings. The van der Waals surface area contributed by atoms with Crippen molar-refractivity contribution in [1.82, 2.24) is 15.2 Å². The summed E-state index contributed by atoms with van der Waals surface area (Å²) in [5, 5.41) is 16.3. The van der Waals surface area contributed by atoms with Crippen LogP contribution in [-0.2, 0) is 12.7 Å². The predicted molar refractivity (Wildman–Crippen MR) is 90.8 cm³/mol. The van der Waals surface area contributed by atoms with Gasteiger partial charge in [-0.1, -0.05) is 0 Å². The smallest absolute Gasteiger partial charge is 0.417 e. The van der Waals surface area contributed by atoms with E-state index in [2.05, 4.69) is 15.2 Å². The van der Waals surface area contributed by atoms with E-state index in [0.29, 0.717) is 16.5 Å². The van der Waals surface area contributed by atoms with Crippen LogP contribution in [0.25, 0.3) is 11.5 Å². The quantitative estimate of drug-likeness (QED) is 0.555. The maximum Gasteiger partial charge on any atom is 0.417 e. The molecule has 3 aromatic rings. The Morgan fingerprint density at radius 2 is 1.83 bits per heavy atom. The minimum atomic E-state index is -4.91. The summed E-state index contributed by atoms with van der Waals surface area (Å²) in [5.41, 5.74) is -2.01. The van der Waals surface area contributed by atoms with Gasteiger partial charge in [0, 0.05) is 18.1 Å². The molecule has 12 heteroatoms.